The minimum absolute atomic E-state index is 0.0637. The predicted molar refractivity (Wildman–Crippen MR) is 79.8 cm³/mol. The molecule has 3 saturated heterocycles. The van der Waals surface area contributed by atoms with E-state index in [-0.39, 0.29) is 5.91 Å². The van der Waals surface area contributed by atoms with Crippen molar-refractivity contribution >= 4 is 11.9 Å². The predicted octanol–water partition coefficient (Wildman–Crippen LogP) is -0.425. The van der Waals surface area contributed by atoms with Crippen molar-refractivity contribution in [2.45, 2.75) is 18.1 Å². The molecule has 23 heavy (non-hydrogen) atoms. The first kappa shape index (κ1) is 15.1. The van der Waals surface area contributed by atoms with E-state index >= 15 is 0 Å². The smallest absolute Gasteiger partial charge is 0.310 e. The van der Waals surface area contributed by atoms with Gasteiger partial charge >= 0.3 is 5.97 Å². The highest BCUT2D eigenvalue weighted by molar-refractivity contribution is 5.90. The van der Waals surface area contributed by atoms with Crippen molar-refractivity contribution in [1.29, 1.82) is 0 Å². The van der Waals surface area contributed by atoms with Gasteiger partial charge in [-0.1, -0.05) is 12.2 Å². The van der Waals surface area contributed by atoms with Gasteiger partial charge in [0.1, 0.15) is 11.5 Å². The summed E-state index contributed by atoms with van der Waals surface area (Å²) >= 11 is 0. The summed E-state index contributed by atoms with van der Waals surface area (Å²) in [6, 6.07) is 0. The summed E-state index contributed by atoms with van der Waals surface area (Å²) in [6.45, 7) is 5.50. The lowest BCUT2D eigenvalue weighted by Gasteiger charge is -2.27. The first-order chi connectivity index (χ1) is 11.1. The molecule has 0 aromatic heterocycles. The molecule has 3 fully saturated rings. The number of likely N-dealkylation sites (tertiary alicyclic amines) is 1. The Hall–Kier alpha value is -1.44. The number of aliphatic carboxylic acids is 1. The molecular weight excluding hydrogens is 300 g/mol. The third kappa shape index (κ3) is 2.38. The number of hydrogen-bond donors (Lipinski definition) is 1. The van der Waals surface area contributed by atoms with Crippen LogP contribution in [0.25, 0.3) is 0 Å². The van der Waals surface area contributed by atoms with Crippen molar-refractivity contribution in [2.24, 2.45) is 11.8 Å². The van der Waals surface area contributed by atoms with Gasteiger partial charge in [-0.25, -0.2) is 0 Å². The van der Waals surface area contributed by atoms with Crippen molar-refractivity contribution in [3.63, 3.8) is 0 Å². The van der Waals surface area contributed by atoms with E-state index in [1.54, 1.807) is 11.0 Å². The average molecular weight is 322 g/mol. The first-order valence-electron chi connectivity index (χ1n) is 8.30. The summed E-state index contributed by atoms with van der Waals surface area (Å²) < 4.78 is 11.2. The molecule has 1 N–H and O–H groups in total. The van der Waals surface area contributed by atoms with Gasteiger partial charge in [-0.05, 0) is 6.42 Å². The maximum atomic E-state index is 12.7. The van der Waals surface area contributed by atoms with Crippen LogP contribution in [0.5, 0.6) is 0 Å². The molecule has 0 aliphatic carbocycles. The van der Waals surface area contributed by atoms with Crippen LogP contribution >= 0.6 is 0 Å². The molecule has 0 saturated carbocycles. The molecule has 0 radical (unpaired) electrons. The molecule has 7 nitrogen and oxygen atoms in total. The van der Waals surface area contributed by atoms with E-state index < -0.39 is 29.5 Å². The van der Waals surface area contributed by atoms with E-state index in [0.29, 0.717) is 13.1 Å². The summed E-state index contributed by atoms with van der Waals surface area (Å²) in [6.07, 6.45) is 4.15. The van der Waals surface area contributed by atoms with Crippen LogP contribution in [0.1, 0.15) is 6.42 Å². The Morgan fingerprint density at radius 3 is 2.87 bits per heavy atom. The minimum atomic E-state index is -0.935. The molecule has 2 bridgehead atoms. The fraction of sp³-hybridized carbons (Fsp3) is 0.750. The van der Waals surface area contributed by atoms with Crippen molar-refractivity contribution in [3.05, 3.63) is 12.2 Å². The Morgan fingerprint density at radius 2 is 2.13 bits per heavy atom. The fourth-order valence-corrected chi connectivity index (χ4v) is 4.36. The molecule has 4 aliphatic heterocycles. The molecule has 1 amide bonds. The number of carbonyl (C=O) groups is 2. The molecule has 1 spiro atoms. The summed E-state index contributed by atoms with van der Waals surface area (Å²) in [5, 5.41) is 9.43. The summed E-state index contributed by atoms with van der Waals surface area (Å²) in [7, 11) is 0. The highest BCUT2D eigenvalue weighted by atomic mass is 16.5. The van der Waals surface area contributed by atoms with Crippen LogP contribution in [0.15, 0.2) is 12.2 Å². The minimum Gasteiger partial charge on any atom is -0.481 e. The van der Waals surface area contributed by atoms with Crippen LogP contribution in [-0.4, -0.2) is 84.4 Å². The number of carbonyl (C=O) groups excluding carboxylic acids is 1. The lowest BCUT2D eigenvalue weighted by Crippen LogP contribution is -2.40. The second-order valence-corrected chi connectivity index (χ2v) is 6.81. The van der Waals surface area contributed by atoms with Crippen molar-refractivity contribution < 1.29 is 24.2 Å². The zero-order valence-corrected chi connectivity index (χ0v) is 13.0. The first-order valence-corrected chi connectivity index (χ1v) is 8.30. The number of fused-ring (bicyclic) bond motifs is 1. The fourth-order valence-electron chi connectivity index (χ4n) is 4.36. The highest BCUT2D eigenvalue weighted by Crippen LogP contribution is 2.51. The molecule has 4 rings (SSSR count). The molecule has 0 aromatic rings. The summed E-state index contributed by atoms with van der Waals surface area (Å²) in [5.74, 6) is -2.30. The topological polar surface area (TPSA) is 79.3 Å². The van der Waals surface area contributed by atoms with E-state index in [0.717, 1.165) is 39.3 Å². The number of nitrogens with zero attached hydrogens (tertiary/aromatic N) is 2. The maximum Gasteiger partial charge on any atom is 0.310 e. The van der Waals surface area contributed by atoms with Gasteiger partial charge in [0.05, 0.1) is 31.8 Å². The molecule has 0 unspecified atom stereocenters. The van der Waals surface area contributed by atoms with Gasteiger partial charge in [0.15, 0.2) is 0 Å². The number of amides is 1. The zero-order valence-electron chi connectivity index (χ0n) is 13.0. The Kier molecular flexibility index (Phi) is 3.66. The quantitative estimate of drug-likeness (QED) is 0.692. The Balaban J connectivity index is 1.38. The largest absolute Gasteiger partial charge is 0.481 e. The third-order valence-electron chi connectivity index (χ3n) is 5.47. The van der Waals surface area contributed by atoms with Gasteiger partial charge in [0, 0.05) is 26.2 Å². The van der Waals surface area contributed by atoms with E-state index in [1.807, 2.05) is 6.08 Å². The van der Waals surface area contributed by atoms with Gasteiger partial charge in [-0.2, -0.15) is 0 Å². The third-order valence-corrected chi connectivity index (χ3v) is 5.47. The number of carboxylic acids is 1. The second-order valence-electron chi connectivity index (χ2n) is 6.81. The Labute approximate surface area is 134 Å². The SMILES string of the molecule is O=C(O)[C@H]1[C@H]2C=C[C@]3(CN(CCCN4CCOCC4)C(=O)[C@@H]13)O2. The molecular formula is C16H22N2O5. The number of carboxylic acid groups (broad SMARTS) is 1. The molecule has 4 heterocycles. The Morgan fingerprint density at radius 1 is 1.35 bits per heavy atom. The van der Waals surface area contributed by atoms with Gasteiger partial charge in [0.2, 0.25) is 5.91 Å². The normalized spacial score (nSPS) is 39.2. The van der Waals surface area contributed by atoms with Crippen LogP contribution in [0.4, 0.5) is 0 Å². The van der Waals surface area contributed by atoms with Crippen LogP contribution < -0.4 is 0 Å². The monoisotopic (exact) mass is 322 g/mol. The van der Waals surface area contributed by atoms with Crippen LogP contribution in [-0.2, 0) is 19.1 Å². The lowest BCUT2D eigenvalue weighted by molar-refractivity contribution is -0.148. The standard InChI is InChI=1S/C16H22N2O5/c19-14-13-12(15(20)21)11-2-3-16(13,23-11)10-18(14)5-1-4-17-6-8-22-9-7-17/h2-3,11-13H,1,4-10H2,(H,20,21)/t11-,12+,13-,16-/m1/s1. The van der Waals surface area contributed by atoms with Gasteiger partial charge < -0.3 is 19.5 Å². The van der Waals surface area contributed by atoms with Gasteiger partial charge in [-0.3, -0.25) is 14.5 Å². The van der Waals surface area contributed by atoms with E-state index in [2.05, 4.69) is 4.90 Å². The molecule has 4 aliphatic rings. The number of rotatable bonds is 5. The van der Waals surface area contributed by atoms with Gasteiger partial charge in [-0.15, -0.1) is 0 Å². The van der Waals surface area contributed by atoms with Gasteiger partial charge in [0.25, 0.3) is 0 Å². The van der Waals surface area contributed by atoms with Crippen molar-refractivity contribution in [1.82, 2.24) is 9.80 Å². The summed E-state index contributed by atoms with van der Waals surface area (Å²) in [4.78, 5) is 28.3. The Bertz CT molecular complexity index is 545. The van der Waals surface area contributed by atoms with Crippen molar-refractivity contribution in [2.75, 3.05) is 45.9 Å². The molecule has 126 valence electrons. The maximum absolute atomic E-state index is 12.7. The highest BCUT2D eigenvalue weighted by Gasteiger charge is 2.66. The van der Waals surface area contributed by atoms with Crippen LogP contribution in [0.2, 0.25) is 0 Å². The summed E-state index contributed by atoms with van der Waals surface area (Å²) in [5.41, 5.74) is -0.705. The molecule has 4 atom stereocenters. The number of morpholine rings is 1. The number of hydrogen-bond acceptors (Lipinski definition) is 5. The van der Waals surface area contributed by atoms with E-state index in [4.69, 9.17) is 9.47 Å². The van der Waals surface area contributed by atoms with Crippen LogP contribution in [0, 0.1) is 11.8 Å². The average Bonchev–Trinajstić information content (AvgIpc) is 3.17. The van der Waals surface area contributed by atoms with E-state index in [1.165, 1.54) is 0 Å². The second kappa shape index (κ2) is 5.58. The number of ether oxygens (including phenoxy) is 2. The zero-order chi connectivity index (χ0) is 16.0. The molecule has 0 aromatic carbocycles. The lowest BCUT2D eigenvalue weighted by atomic mass is 9.77. The van der Waals surface area contributed by atoms with Crippen molar-refractivity contribution in [3.8, 4) is 0 Å². The molecule has 7 heteroatoms. The van der Waals surface area contributed by atoms with Crippen LogP contribution in [0.3, 0.4) is 0 Å². The van der Waals surface area contributed by atoms with E-state index in [9.17, 15) is 14.7 Å².